The molecular formula is C13H23OS. The summed E-state index contributed by atoms with van der Waals surface area (Å²) in [7, 11) is 0. The Morgan fingerprint density at radius 2 is 1.27 bits per heavy atom. The molecule has 0 saturated heterocycles. The predicted octanol–water partition coefficient (Wildman–Crippen LogP) is 4.46. The van der Waals surface area contributed by atoms with E-state index in [0.29, 0.717) is 0 Å². The van der Waals surface area contributed by atoms with Crippen molar-refractivity contribution < 1.29 is 5.11 Å². The molecule has 1 rings (SSSR count). The van der Waals surface area contributed by atoms with Crippen molar-refractivity contribution in [2.75, 3.05) is 0 Å². The van der Waals surface area contributed by atoms with Gasteiger partial charge in [-0.2, -0.15) is 0 Å². The first-order valence-electron chi connectivity index (χ1n) is 6.49. The maximum Gasteiger partial charge on any atom is 0.124 e. The molecule has 0 aromatic carbocycles. The van der Waals surface area contributed by atoms with Crippen molar-refractivity contribution in [3.8, 4) is 0 Å². The third-order valence-electron chi connectivity index (χ3n) is 3.25. The maximum absolute atomic E-state index is 11.7. The minimum absolute atomic E-state index is 0.555. The van der Waals surface area contributed by atoms with Gasteiger partial charge in [0.1, 0.15) is 6.10 Å². The molecule has 0 aromatic heterocycles. The van der Waals surface area contributed by atoms with E-state index in [2.05, 4.69) is 0 Å². The van der Waals surface area contributed by atoms with Crippen LogP contribution in [0.4, 0.5) is 0 Å². The molecule has 1 aliphatic carbocycles. The smallest absolute Gasteiger partial charge is 0.124 e. The monoisotopic (exact) mass is 227 g/mol. The molecule has 1 radical (unpaired) electrons. The Bertz CT molecular complexity index is 179. The summed E-state index contributed by atoms with van der Waals surface area (Å²) in [6, 6.07) is 0. The zero-order valence-electron chi connectivity index (χ0n) is 9.67. The highest BCUT2D eigenvalue weighted by Gasteiger charge is 2.12. The lowest BCUT2D eigenvalue weighted by Gasteiger charge is -2.09. The van der Waals surface area contributed by atoms with E-state index in [-0.39, 0.29) is 0 Å². The highest BCUT2D eigenvalue weighted by Crippen LogP contribution is 2.16. The van der Waals surface area contributed by atoms with Crippen molar-refractivity contribution in [3.05, 3.63) is 0 Å². The van der Waals surface area contributed by atoms with Crippen LogP contribution in [-0.2, 0) is 5.11 Å². The van der Waals surface area contributed by atoms with Crippen molar-refractivity contribution in [1.29, 1.82) is 0 Å². The lowest BCUT2D eigenvalue weighted by atomic mass is 10.0. The average Bonchev–Trinajstić information content (AvgIpc) is 2.25. The lowest BCUT2D eigenvalue weighted by Crippen LogP contribution is -2.16. The van der Waals surface area contributed by atoms with Crippen molar-refractivity contribution in [2.24, 2.45) is 0 Å². The van der Waals surface area contributed by atoms with E-state index < -0.39 is 6.10 Å². The average molecular weight is 227 g/mol. The molecule has 15 heavy (non-hydrogen) atoms. The van der Waals surface area contributed by atoms with Gasteiger partial charge in [0.05, 0.1) is 0 Å². The minimum atomic E-state index is -0.555. The Morgan fingerprint density at radius 3 is 1.87 bits per heavy atom. The van der Waals surface area contributed by atoms with Gasteiger partial charge < -0.3 is 0 Å². The molecule has 87 valence electrons. The highest BCUT2D eigenvalue weighted by atomic mass is 32.1. The van der Waals surface area contributed by atoms with Crippen molar-refractivity contribution in [3.63, 3.8) is 0 Å². The van der Waals surface area contributed by atoms with Crippen LogP contribution >= 0.6 is 12.2 Å². The van der Waals surface area contributed by atoms with E-state index in [1.165, 1.54) is 44.9 Å². The summed E-state index contributed by atoms with van der Waals surface area (Å²) < 4.78 is 0. The predicted molar refractivity (Wildman–Crippen MR) is 67.9 cm³/mol. The Hall–Kier alpha value is 0.0500. The number of hydrogen-bond acceptors (Lipinski definition) is 1. The third kappa shape index (κ3) is 6.26. The Kier molecular flexibility index (Phi) is 7.20. The summed E-state index contributed by atoms with van der Waals surface area (Å²) >= 11 is 5.18. The van der Waals surface area contributed by atoms with E-state index in [9.17, 15) is 5.11 Å². The van der Waals surface area contributed by atoms with Crippen LogP contribution in [-0.4, -0.2) is 11.0 Å². The standard InChI is InChI=1S/C13H23OS/c14-12-10-8-6-4-2-1-3-5-7-9-11-13(12)15/h12H,1-11H2. The second kappa shape index (κ2) is 8.23. The molecule has 0 spiro atoms. The van der Waals surface area contributed by atoms with Crippen LogP contribution < -0.4 is 0 Å². The van der Waals surface area contributed by atoms with E-state index >= 15 is 0 Å². The molecule has 1 unspecified atom stereocenters. The first kappa shape index (κ1) is 13.1. The van der Waals surface area contributed by atoms with Crippen LogP contribution in [0.15, 0.2) is 0 Å². The molecule has 0 bridgehead atoms. The van der Waals surface area contributed by atoms with Crippen LogP contribution in [0.2, 0.25) is 0 Å². The van der Waals surface area contributed by atoms with Gasteiger partial charge in [0.2, 0.25) is 0 Å². The molecule has 1 saturated carbocycles. The third-order valence-corrected chi connectivity index (χ3v) is 3.72. The number of hydrogen-bond donors (Lipinski definition) is 0. The van der Waals surface area contributed by atoms with E-state index in [1.807, 2.05) is 0 Å². The highest BCUT2D eigenvalue weighted by molar-refractivity contribution is 7.80. The van der Waals surface area contributed by atoms with Crippen LogP contribution in [0, 0.1) is 0 Å². The molecule has 1 atom stereocenters. The van der Waals surface area contributed by atoms with Crippen LogP contribution in [0.25, 0.3) is 0 Å². The van der Waals surface area contributed by atoms with Crippen molar-refractivity contribution in [2.45, 2.75) is 76.7 Å². The molecule has 0 heterocycles. The molecular weight excluding hydrogens is 204 g/mol. The van der Waals surface area contributed by atoms with E-state index in [4.69, 9.17) is 12.2 Å². The summed E-state index contributed by atoms with van der Waals surface area (Å²) in [5, 5.41) is 11.7. The summed E-state index contributed by atoms with van der Waals surface area (Å²) in [5.41, 5.74) is 0. The fraction of sp³-hybridized carbons (Fsp3) is 0.923. The van der Waals surface area contributed by atoms with Crippen LogP contribution in [0.3, 0.4) is 0 Å². The van der Waals surface area contributed by atoms with E-state index in [0.717, 1.165) is 30.5 Å². The summed E-state index contributed by atoms with van der Waals surface area (Å²) in [4.78, 5) is 0.786. The largest absolute Gasteiger partial charge is 0.227 e. The van der Waals surface area contributed by atoms with Gasteiger partial charge in [-0.25, -0.2) is 5.11 Å². The molecule has 0 aromatic rings. The maximum atomic E-state index is 11.7. The second-order valence-electron chi connectivity index (χ2n) is 4.68. The van der Waals surface area contributed by atoms with Crippen molar-refractivity contribution in [1.82, 2.24) is 0 Å². The molecule has 1 fully saturated rings. The zero-order chi connectivity index (χ0) is 10.9. The van der Waals surface area contributed by atoms with Gasteiger partial charge in [0.15, 0.2) is 0 Å². The van der Waals surface area contributed by atoms with Crippen LogP contribution in [0.1, 0.15) is 70.6 Å². The van der Waals surface area contributed by atoms with Gasteiger partial charge in [0.25, 0.3) is 0 Å². The minimum Gasteiger partial charge on any atom is -0.227 e. The lowest BCUT2D eigenvalue weighted by molar-refractivity contribution is 0.135. The van der Waals surface area contributed by atoms with Gasteiger partial charge in [-0.3, -0.25) is 0 Å². The molecule has 2 heteroatoms. The van der Waals surface area contributed by atoms with Gasteiger partial charge >= 0.3 is 0 Å². The van der Waals surface area contributed by atoms with Crippen LogP contribution in [0.5, 0.6) is 0 Å². The van der Waals surface area contributed by atoms with Crippen molar-refractivity contribution >= 4 is 17.1 Å². The molecule has 1 aliphatic rings. The van der Waals surface area contributed by atoms with Gasteiger partial charge in [-0.15, -0.1) is 0 Å². The molecule has 0 aliphatic heterocycles. The first-order valence-corrected chi connectivity index (χ1v) is 6.90. The summed E-state index contributed by atoms with van der Waals surface area (Å²) in [5.74, 6) is 0. The number of rotatable bonds is 0. The normalized spacial score (nSPS) is 27.5. The first-order chi connectivity index (χ1) is 7.30. The Morgan fingerprint density at radius 1 is 0.800 bits per heavy atom. The van der Waals surface area contributed by atoms with Gasteiger partial charge in [-0.05, 0) is 19.3 Å². The topological polar surface area (TPSA) is 19.9 Å². The Balaban J connectivity index is 2.27. The fourth-order valence-electron chi connectivity index (χ4n) is 2.19. The summed E-state index contributed by atoms with van der Waals surface area (Å²) in [6.07, 6.45) is 12.5. The summed E-state index contributed by atoms with van der Waals surface area (Å²) in [6.45, 7) is 0. The van der Waals surface area contributed by atoms with Gasteiger partial charge in [0, 0.05) is 4.86 Å². The number of thiocarbonyl (C=S) groups is 1. The Labute approximate surface area is 99.3 Å². The molecule has 0 N–H and O–H groups in total. The molecule has 0 amide bonds. The fourth-order valence-corrected chi connectivity index (χ4v) is 2.45. The second-order valence-corrected chi connectivity index (χ2v) is 5.20. The molecule has 1 nitrogen and oxygen atoms in total. The van der Waals surface area contributed by atoms with E-state index in [1.54, 1.807) is 0 Å². The quantitative estimate of drug-likeness (QED) is 0.559. The SMILES string of the molecule is [O]C1CCCCCCCCCCCC1=S. The zero-order valence-corrected chi connectivity index (χ0v) is 10.5. The van der Waals surface area contributed by atoms with Gasteiger partial charge in [-0.1, -0.05) is 63.6 Å².